The minimum atomic E-state index is -3.82. The maximum Gasteiger partial charge on any atom is 0.244 e. The summed E-state index contributed by atoms with van der Waals surface area (Å²) in [7, 11) is -0.959. The van der Waals surface area contributed by atoms with Gasteiger partial charge in [0.15, 0.2) is 0 Å². The molecular weight excluding hydrogens is 434 g/mol. The average molecular weight is 460 g/mol. The molecule has 0 atom stereocenters. The zero-order valence-corrected chi connectivity index (χ0v) is 18.9. The third kappa shape index (κ3) is 5.86. The molecule has 0 amide bonds. The van der Waals surface area contributed by atoms with E-state index in [1.165, 1.54) is 26.4 Å². The highest BCUT2D eigenvalue weighted by atomic mass is 32.2. The normalized spacial score (nSPS) is 11.1. The Morgan fingerprint density at radius 3 is 2.25 bits per heavy atom. The molecule has 3 rings (SSSR count). The van der Waals surface area contributed by atoms with E-state index in [0.717, 1.165) is 11.3 Å². The molecule has 0 fully saturated rings. The van der Waals surface area contributed by atoms with Crippen LogP contribution in [0.3, 0.4) is 0 Å². The van der Waals surface area contributed by atoms with Gasteiger partial charge in [0.25, 0.3) is 0 Å². The molecule has 0 saturated carbocycles. The molecule has 32 heavy (non-hydrogen) atoms. The minimum absolute atomic E-state index is 0.0150. The van der Waals surface area contributed by atoms with Gasteiger partial charge in [0, 0.05) is 24.2 Å². The van der Waals surface area contributed by atoms with Crippen LogP contribution in [-0.2, 0) is 10.0 Å². The van der Waals surface area contributed by atoms with E-state index < -0.39 is 10.0 Å². The van der Waals surface area contributed by atoms with Crippen molar-refractivity contribution in [2.75, 3.05) is 34.0 Å². The molecule has 0 saturated heterocycles. The second-order valence-electron chi connectivity index (χ2n) is 6.48. The van der Waals surface area contributed by atoms with Gasteiger partial charge in [-0.3, -0.25) is 0 Å². The van der Waals surface area contributed by atoms with E-state index in [4.69, 9.17) is 18.9 Å². The van der Waals surface area contributed by atoms with Crippen LogP contribution in [0.15, 0.2) is 59.5 Å². The van der Waals surface area contributed by atoms with Crippen LogP contribution in [0.25, 0.3) is 11.3 Å². The van der Waals surface area contributed by atoms with E-state index >= 15 is 0 Å². The van der Waals surface area contributed by atoms with Crippen LogP contribution in [0.2, 0.25) is 0 Å². The van der Waals surface area contributed by atoms with E-state index in [2.05, 4.69) is 14.9 Å². The number of nitrogens with one attached hydrogen (secondary N) is 1. The standard InChI is InChI=1S/C22H25N3O6S/c1-4-30-17-7-5-16(6-8-17)19-10-12-22(25-24-19)31-14-13-23-32(26,27)21-15-18(28-2)9-11-20(21)29-3/h5-12,15,23H,4,13-14H2,1-3H3. The van der Waals surface area contributed by atoms with Gasteiger partial charge < -0.3 is 18.9 Å². The summed E-state index contributed by atoms with van der Waals surface area (Å²) in [6, 6.07) is 15.5. The molecule has 0 aliphatic carbocycles. The molecule has 170 valence electrons. The first-order valence-electron chi connectivity index (χ1n) is 9.88. The SMILES string of the molecule is CCOc1ccc(-c2ccc(OCCNS(=O)(=O)c3cc(OC)ccc3OC)nn2)cc1. The number of benzene rings is 2. The quantitative estimate of drug-likeness (QED) is 0.436. The van der Waals surface area contributed by atoms with Gasteiger partial charge in [0.1, 0.15) is 28.8 Å². The number of rotatable bonds is 11. The Kier molecular flexibility index (Phi) is 7.85. The summed E-state index contributed by atoms with van der Waals surface area (Å²) >= 11 is 0. The van der Waals surface area contributed by atoms with Gasteiger partial charge in [-0.25, -0.2) is 13.1 Å². The lowest BCUT2D eigenvalue weighted by Gasteiger charge is -2.12. The maximum absolute atomic E-state index is 12.6. The highest BCUT2D eigenvalue weighted by Gasteiger charge is 2.20. The molecule has 1 N–H and O–H groups in total. The third-order valence-corrected chi connectivity index (χ3v) is 5.89. The first kappa shape index (κ1) is 23.3. The van der Waals surface area contributed by atoms with Crippen LogP contribution in [0, 0.1) is 0 Å². The Morgan fingerprint density at radius 2 is 1.62 bits per heavy atom. The number of aromatic nitrogens is 2. The van der Waals surface area contributed by atoms with E-state index in [9.17, 15) is 8.42 Å². The number of methoxy groups -OCH3 is 2. The molecule has 1 heterocycles. The van der Waals surface area contributed by atoms with Gasteiger partial charge >= 0.3 is 0 Å². The summed E-state index contributed by atoms with van der Waals surface area (Å²) < 4.78 is 48.9. The lowest BCUT2D eigenvalue weighted by molar-refractivity contribution is 0.307. The van der Waals surface area contributed by atoms with Crippen LogP contribution < -0.4 is 23.7 Å². The summed E-state index contributed by atoms with van der Waals surface area (Å²) in [4.78, 5) is -0.0150. The first-order chi connectivity index (χ1) is 15.5. The Balaban J connectivity index is 1.55. The molecule has 0 aliphatic rings. The molecule has 0 bridgehead atoms. The Labute approximate surface area is 187 Å². The Hall–Kier alpha value is -3.37. The zero-order valence-electron chi connectivity index (χ0n) is 18.1. The fourth-order valence-corrected chi connectivity index (χ4v) is 4.04. The molecule has 3 aromatic rings. The Bertz CT molecular complexity index is 1120. The lowest BCUT2D eigenvalue weighted by Crippen LogP contribution is -2.28. The number of hydrogen-bond donors (Lipinski definition) is 1. The number of ether oxygens (including phenoxy) is 4. The molecule has 9 nitrogen and oxygen atoms in total. The molecule has 0 unspecified atom stereocenters. The largest absolute Gasteiger partial charge is 0.497 e. The Morgan fingerprint density at radius 1 is 0.875 bits per heavy atom. The second kappa shape index (κ2) is 10.8. The lowest BCUT2D eigenvalue weighted by atomic mass is 10.1. The van der Waals surface area contributed by atoms with Gasteiger partial charge in [-0.05, 0) is 49.4 Å². The van der Waals surface area contributed by atoms with Gasteiger partial charge in [0.2, 0.25) is 15.9 Å². The van der Waals surface area contributed by atoms with Crippen LogP contribution in [0.1, 0.15) is 6.92 Å². The fraction of sp³-hybridized carbons (Fsp3) is 0.273. The predicted octanol–water partition coefficient (Wildman–Crippen LogP) is 2.92. The summed E-state index contributed by atoms with van der Waals surface area (Å²) in [5.41, 5.74) is 1.58. The van der Waals surface area contributed by atoms with E-state index in [1.54, 1.807) is 18.2 Å². The summed E-state index contributed by atoms with van der Waals surface area (Å²) in [5, 5.41) is 8.20. The molecule has 0 aliphatic heterocycles. The highest BCUT2D eigenvalue weighted by Crippen LogP contribution is 2.28. The fourth-order valence-electron chi connectivity index (χ4n) is 2.84. The molecule has 10 heteroatoms. The van der Waals surface area contributed by atoms with Crippen LogP contribution in [-0.4, -0.2) is 52.6 Å². The highest BCUT2D eigenvalue weighted by molar-refractivity contribution is 7.89. The monoisotopic (exact) mass is 459 g/mol. The average Bonchev–Trinajstić information content (AvgIpc) is 2.82. The van der Waals surface area contributed by atoms with Gasteiger partial charge in [-0.15, -0.1) is 10.2 Å². The number of sulfonamides is 1. The molecule has 0 radical (unpaired) electrons. The first-order valence-corrected chi connectivity index (χ1v) is 11.4. The molecule has 0 spiro atoms. The van der Waals surface area contributed by atoms with Gasteiger partial charge in [0.05, 0.1) is 26.5 Å². The van der Waals surface area contributed by atoms with Crippen molar-refractivity contribution in [1.29, 1.82) is 0 Å². The van der Waals surface area contributed by atoms with Crippen molar-refractivity contribution in [1.82, 2.24) is 14.9 Å². The maximum atomic E-state index is 12.6. The van der Waals surface area contributed by atoms with Crippen LogP contribution >= 0.6 is 0 Å². The summed E-state index contributed by atoms with van der Waals surface area (Å²) in [5.74, 6) is 1.70. The van der Waals surface area contributed by atoms with E-state index in [-0.39, 0.29) is 29.7 Å². The van der Waals surface area contributed by atoms with Crippen LogP contribution in [0.4, 0.5) is 0 Å². The van der Waals surface area contributed by atoms with Crippen molar-refractivity contribution in [3.05, 3.63) is 54.6 Å². The third-order valence-electron chi connectivity index (χ3n) is 4.41. The summed E-state index contributed by atoms with van der Waals surface area (Å²) in [6.45, 7) is 2.64. The predicted molar refractivity (Wildman–Crippen MR) is 119 cm³/mol. The van der Waals surface area contributed by atoms with Crippen molar-refractivity contribution >= 4 is 10.0 Å². The number of hydrogen-bond acceptors (Lipinski definition) is 8. The van der Waals surface area contributed by atoms with Crippen molar-refractivity contribution < 1.29 is 27.4 Å². The number of nitrogens with zero attached hydrogens (tertiary/aromatic N) is 2. The van der Waals surface area contributed by atoms with Gasteiger partial charge in [-0.1, -0.05) is 0 Å². The van der Waals surface area contributed by atoms with Crippen molar-refractivity contribution in [3.8, 4) is 34.4 Å². The van der Waals surface area contributed by atoms with E-state index in [1.807, 2.05) is 31.2 Å². The van der Waals surface area contributed by atoms with Crippen molar-refractivity contribution in [3.63, 3.8) is 0 Å². The zero-order chi connectivity index (χ0) is 23.0. The summed E-state index contributed by atoms with van der Waals surface area (Å²) in [6.07, 6.45) is 0. The molecule has 1 aromatic heterocycles. The van der Waals surface area contributed by atoms with Crippen LogP contribution in [0.5, 0.6) is 23.1 Å². The minimum Gasteiger partial charge on any atom is -0.497 e. The molecular formula is C22H25N3O6S. The second-order valence-corrected chi connectivity index (χ2v) is 8.21. The van der Waals surface area contributed by atoms with Crippen molar-refractivity contribution in [2.45, 2.75) is 11.8 Å². The van der Waals surface area contributed by atoms with Crippen molar-refractivity contribution in [2.24, 2.45) is 0 Å². The smallest absolute Gasteiger partial charge is 0.244 e. The topological polar surface area (TPSA) is 109 Å². The van der Waals surface area contributed by atoms with E-state index in [0.29, 0.717) is 18.1 Å². The molecule has 2 aromatic carbocycles. The van der Waals surface area contributed by atoms with Gasteiger partial charge in [-0.2, -0.15) is 0 Å².